The SMILES string of the molecule is C[C@]12Cc3[nH]c(-c4ccnc(NC(=O)c5ccn[nH]5)c4)c(Nc4ccccc4)c3C(=O)C1C2. The predicted octanol–water partition coefficient (Wildman–Crippen LogP) is 4.56. The van der Waals surface area contributed by atoms with Crippen LogP contribution in [-0.2, 0) is 6.42 Å². The van der Waals surface area contributed by atoms with E-state index in [9.17, 15) is 9.59 Å². The van der Waals surface area contributed by atoms with Crippen LogP contribution in [0.3, 0.4) is 0 Å². The van der Waals surface area contributed by atoms with Crippen molar-refractivity contribution >= 4 is 28.9 Å². The molecule has 3 aromatic heterocycles. The lowest BCUT2D eigenvalue weighted by Crippen LogP contribution is -2.19. The van der Waals surface area contributed by atoms with Crippen molar-refractivity contribution in [2.75, 3.05) is 10.6 Å². The first-order valence-corrected chi connectivity index (χ1v) is 10.9. The van der Waals surface area contributed by atoms with E-state index in [2.05, 4.69) is 37.7 Å². The van der Waals surface area contributed by atoms with Gasteiger partial charge in [-0.15, -0.1) is 0 Å². The number of carbonyl (C=O) groups is 2. The number of hydrogen-bond acceptors (Lipinski definition) is 5. The maximum absolute atomic E-state index is 13.3. The first-order chi connectivity index (χ1) is 16.0. The van der Waals surface area contributed by atoms with Crippen molar-refractivity contribution in [3.05, 3.63) is 77.9 Å². The van der Waals surface area contributed by atoms with Gasteiger partial charge in [-0.05, 0) is 48.6 Å². The Bertz CT molecular complexity index is 1380. The molecule has 33 heavy (non-hydrogen) atoms. The van der Waals surface area contributed by atoms with Crippen LogP contribution in [-0.4, -0.2) is 31.9 Å². The standard InChI is InChI=1S/C25H22N6O2/c1-25-12-16(25)23(32)20-18(13-25)29-21(22(20)28-15-5-3-2-4-6-15)14-7-9-26-19(11-14)30-24(33)17-8-10-27-31-17/h2-11,16,28-29H,12-13H2,1H3,(H,27,31)(H,26,30,33)/t16?,25-/m0/s1. The van der Waals surface area contributed by atoms with Gasteiger partial charge in [0, 0.05) is 35.3 Å². The molecule has 164 valence electrons. The minimum absolute atomic E-state index is 0.0533. The summed E-state index contributed by atoms with van der Waals surface area (Å²) in [6.07, 6.45) is 4.95. The molecule has 1 unspecified atom stereocenters. The molecule has 2 atom stereocenters. The summed E-state index contributed by atoms with van der Waals surface area (Å²) in [7, 11) is 0. The molecule has 4 N–H and O–H groups in total. The van der Waals surface area contributed by atoms with Crippen LogP contribution in [0.1, 0.15) is 39.9 Å². The van der Waals surface area contributed by atoms with Crippen LogP contribution in [0.2, 0.25) is 0 Å². The van der Waals surface area contributed by atoms with E-state index in [1.807, 2.05) is 36.4 Å². The summed E-state index contributed by atoms with van der Waals surface area (Å²) in [5.41, 5.74) is 5.41. The molecular weight excluding hydrogens is 416 g/mol. The normalized spacial score (nSPS) is 20.6. The van der Waals surface area contributed by atoms with Crippen LogP contribution in [0.25, 0.3) is 11.3 Å². The summed E-state index contributed by atoms with van der Waals surface area (Å²) < 4.78 is 0. The van der Waals surface area contributed by atoms with Crippen LogP contribution in [0, 0.1) is 11.3 Å². The third-order valence-electron chi connectivity index (χ3n) is 6.65. The lowest BCUT2D eigenvalue weighted by atomic mass is 9.87. The summed E-state index contributed by atoms with van der Waals surface area (Å²) in [5.74, 6) is 0.369. The number of para-hydroxylation sites is 1. The highest BCUT2D eigenvalue weighted by Gasteiger charge is 2.58. The number of nitrogens with one attached hydrogen (secondary N) is 4. The van der Waals surface area contributed by atoms with Crippen molar-refractivity contribution in [1.29, 1.82) is 0 Å². The molecule has 1 aromatic carbocycles. The number of hydrogen-bond donors (Lipinski definition) is 4. The molecule has 0 aliphatic heterocycles. The Kier molecular flexibility index (Phi) is 4.23. The van der Waals surface area contributed by atoms with E-state index < -0.39 is 0 Å². The fourth-order valence-electron chi connectivity index (χ4n) is 4.77. The lowest BCUT2D eigenvalue weighted by Gasteiger charge is -2.18. The zero-order valence-electron chi connectivity index (χ0n) is 18.0. The van der Waals surface area contributed by atoms with Gasteiger partial charge in [-0.1, -0.05) is 25.1 Å². The molecule has 3 heterocycles. The average molecular weight is 438 g/mol. The van der Waals surface area contributed by atoms with Gasteiger partial charge in [-0.3, -0.25) is 14.7 Å². The van der Waals surface area contributed by atoms with Crippen LogP contribution in [0.15, 0.2) is 60.9 Å². The number of amides is 1. The highest BCUT2D eigenvalue weighted by atomic mass is 16.2. The molecule has 2 aliphatic carbocycles. The number of carbonyl (C=O) groups excluding carboxylic acids is 2. The Hall–Kier alpha value is -4.20. The molecule has 4 aromatic rings. The zero-order valence-corrected chi connectivity index (χ0v) is 18.0. The number of rotatable bonds is 5. The highest BCUT2D eigenvalue weighted by Crippen LogP contribution is 2.60. The van der Waals surface area contributed by atoms with Gasteiger partial charge in [0.1, 0.15) is 11.5 Å². The Morgan fingerprint density at radius 3 is 2.79 bits per heavy atom. The van der Waals surface area contributed by atoms with Crippen LogP contribution >= 0.6 is 0 Å². The summed E-state index contributed by atoms with van der Waals surface area (Å²) in [4.78, 5) is 33.6. The number of H-pyrrole nitrogens is 2. The van der Waals surface area contributed by atoms with Gasteiger partial charge in [0.05, 0.1) is 16.9 Å². The first-order valence-electron chi connectivity index (χ1n) is 10.9. The second-order valence-corrected chi connectivity index (χ2v) is 9.03. The van der Waals surface area contributed by atoms with Crippen molar-refractivity contribution < 1.29 is 9.59 Å². The third kappa shape index (κ3) is 3.31. The van der Waals surface area contributed by atoms with Crippen molar-refractivity contribution in [3.63, 3.8) is 0 Å². The quantitative estimate of drug-likeness (QED) is 0.365. The molecule has 8 heteroatoms. The van der Waals surface area contributed by atoms with Gasteiger partial charge in [0.25, 0.3) is 5.91 Å². The second kappa shape index (κ2) is 7.16. The van der Waals surface area contributed by atoms with Crippen molar-refractivity contribution in [2.45, 2.75) is 19.8 Å². The summed E-state index contributed by atoms with van der Waals surface area (Å²) in [6, 6.07) is 15.1. The van der Waals surface area contributed by atoms with E-state index in [0.717, 1.165) is 46.7 Å². The van der Waals surface area contributed by atoms with Gasteiger partial charge in [0.15, 0.2) is 5.78 Å². The monoisotopic (exact) mass is 438 g/mol. The largest absolute Gasteiger partial charge is 0.356 e. The van der Waals surface area contributed by atoms with E-state index in [-0.39, 0.29) is 23.0 Å². The van der Waals surface area contributed by atoms with Crippen LogP contribution in [0.4, 0.5) is 17.2 Å². The number of fused-ring (bicyclic) bond motifs is 2. The Morgan fingerprint density at radius 1 is 1.15 bits per heavy atom. The average Bonchev–Trinajstić information content (AvgIpc) is 3.16. The summed E-state index contributed by atoms with van der Waals surface area (Å²) in [5, 5.41) is 12.7. The number of aromatic nitrogens is 4. The van der Waals surface area contributed by atoms with E-state index >= 15 is 0 Å². The van der Waals surface area contributed by atoms with Crippen LogP contribution < -0.4 is 10.6 Å². The fourth-order valence-corrected chi connectivity index (χ4v) is 4.77. The third-order valence-corrected chi connectivity index (χ3v) is 6.65. The van der Waals surface area contributed by atoms with E-state index in [1.54, 1.807) is 18.3 Å². The maximum Gasteiger partial charge on any atom is 0.274 e. The minimum atomic E-state index is -0.325. The van der Waals surface area contributed by atoms with Gasteiger partial charge >= 0.3 is 0 Å². The number of nitrogens with zero attached hydrogens (tertiary/aromatic N) is 2. The molecule has 8 nitrogen and oxygen atoms in total. The Morgan fingerprint density at radius 2 is 2.00 bits per heavy atom. The van der Waals surface area contributed by atoms with Crippen LogP contribution in [0.5, 0.6) is 0 Å². The number of ketones is 1. The smallest absolute Gasteiger partial charge is 0.274 e. The number of aromatic amines is 2. The number of benzene rings is 1. The van der Waals surface area contributed by atoms with Crippen molar-refractivity contribution in [3.8, 4) is 11.3 Å². The molecule has 6 rings (SSSR count). The highest BCUT2D eigenvalue weighted by molar-refractivity contribution is 6.10. The second-order valence-electron chi connectivity index (χ2n) is 9.03. The minimum Gasteiger partial charge on any atom is -0.356 e. The van der Waals surface area contributed by atoms with E-state index in [0.29, 0.717) is 11.5 Å². The van der Waals surface area contributed by atoms with Crippen molar-refractivity contribution in [2.24, 2.45) is 11.3 Å². The van der Waals surface area contributed by atoms with E-state index in [1.165, 1.54) is 6.20 Å². The van der Waals surface area contributed by atoms with Gasteiger partial charge in [-0.2, -0.15) is 5.10 Å². The summed E-state index contributed by atoms with van der Waals surface area (Å²) in [6.45, 7) is 2.18. The Balaban J connectivity index is 1.41. The first kappa shape index (κ1) is 19.5. The molecule has 0 bridgehead atoms. The van der Waals surface area contributed by atoms with Gasteiger partial charge in [-0.25, -0.2) is 4.98 Å². The molecule has 0 radical (unpaired) electrons. The van der Waals surface area contributed by atoms with E-state index in [4.69, 9.17) is 0 Å². The Labute approximate surface area is 189 Å². The molecule has 1 saturated carbocycles. The number of pyridine rings is 1. The molecule has 0 spiro atoms. The fraction of sp³-hybridized carbons (Fsp3) is 0.200. The van der Waals surface area contributed by atoms with Gasteiger partial charge in [0.2, 0.25) is 0 Å². The maximum atomic E-state index is 13.3. The van der Waals surface area contributed by atoms with Crippen molar-refractivity contribution in [1.82, 2.24) is 20.2 Å². The molecule has 2 aliphatic rings. The summed E-state index contributed by atoms with van der Waals surface area (Å²) >= 11 is 0. The number of Topliss-reactive ketones (excluding diaryl/α,β-unsaturated/α-hetero) is 1. The lowest BCUT2D eigenvalue weighted by molar-refractivity contribution is 0.0940. The predicted molar refractivity (Wildman–Crippen MR) is 125 cm³/mol. The number of anilines is 3. The topological polar surface area (TPSA) is 116 Å². The molecular formula is C25H22N6O2. The molecule has 1 fully saturated rings. The molecule has 1 amide bonds. The zero-order chi connectivity index (χ0) is 22.6. The van der Waals surface area contributed by atoms with Gasteiger partial charge < -0.3 is 15.6 Å². The molecule has 0 saturated heterocycles.